The van der Waals surface area contributed by atoms with Crippen LogP contribution in [0.1, 0.15) is 16.7 Å². The van der Waals surface area contributed by atoms with Crippen LogP contribution in [0.2, 0.25) is 0 Å². The van der Waals surface area contributed by atoms with Gasteiger partial charge >= 0.3 is 0 Å². The number of nitrogens with zero attached hydrogens (tertiary/aromatic N) is 4. The molecular formula is C16H17N5. The number of benzene rings is 2. The Morgan fingerprint density at radius 1 is 1.10 bits per heavy atom. The van der Waals surface area contributed by atoms with Crippen molar-refractivity contribution in [3.8, 4) is 5.69 Å². The summed E-state index contributed by atoms with van der Waals surface area (Å²) in [6, 6.07) is 14.5. The molecule has 3 rings (SSSR count). The summed E-state index contributed by atoms with van der Waals surface area (Å²) in [5, 5.41) is 14.6. The van der Waals surface area contributed by atoms with E-state index in [0.717, 1.165) is 17.9 Å². The van der Waals surface area contributed by atoms with Crippen LogP contribution in [-0.2, 0) is 6.54 Å². The molecule has 106 valence electrons. The van der Waals surface area contributed by atoms with Gasteiger partial charge in [0, 0.05) is 12.2 Å². The van der Waals surface area contributed by atoms with Crippen molar-refractivity contribution in [3.05, 3.63) is 65.5 Å². The first kappa shape index (κ1) is 13.3. The Kier molecular flexibility index (Phi) is 3.64. The Hall–Kier alpha value is -2.69. The molecule has 0 atom stereocenters. The smallest absolute Gasteiger partial charge is 0.143 e. The number of aromatic nitrogens is 4. The normalized spacial score (nSPS) is 10.6. The minimum absolute atomic E-state index is 0.797. The molecule has 0 radical (unpaired) electrons. The Morgan fingerprint density at radius 2 is 2.00 bits per heavy atom. The maximum Gasteiger partial charge on any atom is 0.143 e. The topological polar surface area (TPSA) is 55.6 Å². The van der Waals surface area contributed by atoms with Crippen LogP contribution < -0.4 is 5.32 Å². The van der Waals surface area contributed by atoms with Crippen molar-refractivity contribution in [2.24, 2.45) is 0 Å². The highest BCUT2D eigenvalue weighted by Gasteiger charge is 2.01. The molecule has 1 heterocycles. The van der Waals surface area contributed by atoms with E-state index < -0.39 is 0 Å². The zero-order chi connectivity index (χ0) is 14.7. The molecule has 1 aromatic heterocycles. The quantitative estimate of drug-likeness (QED) is 0.798. The van der Waals surface area contributed by atoms with Gasteiger partial charge in [0.25, 0.3) is 0 Å². The van der Waals surface area contributed by atoms with Gasteiger partial charge in [-0.25, -0.2) is 4.68 Å². The first-order valence-corrected chi connectivity index (χ1v) is 6.86. The molecule has 0 aliphatic carbocycles. The van der Waals surface area contributed by atoms with Crippen LogP contribution in [-0.4, -0.2) is 20.2 Å². The van der Waals surface area contributed by atoms with E-state index in [-0.39, 0.29) is 0 Å². The Bertz CT molecular complexity index is 734. The van der Waals surface area contributed by atoms with Crippen LogP contribution in [0, 0.1) is 13.8 Å². The average molecular weight is 279 g/mol. The van der Waals surface area contributed by atoms with Crippen LogP contribution >= 0.6 is 0 Å². The third-order valence-corrected chi connectivity index (χ3v) is 3.44. The SMILES string of the molecule is Cc1ccc(CNc2cccc(-n3cnnn3)c2)c(C)c1. The largest absolute Gasteiger partial charge is 0.381 e. The lowest BCUT2D eigenvalue weighted by atomic mass is 10.1. The predicted molar refractivity (Wildman–Crippen MR) is 82.4 cm³/mol. The predicted octanol–water partition coefficient (Wildman–Crippen LogP) is 2.89. The summed E-state index contributed by atoms with van der Waals surface area (Å²) >= 11 is 0. The molecule has 0 aliphatic heterocycles. The molecule has 0 amide bonds. The van der Waals surface area contributed by atoms with E-state index in [1.54, 1.807) is 11.0 Å². The Balaban J connectivity index is 1.75. The van der Waals surface area contributed by atoms with Gasteiger partial charge in [-0.3, -0.25) is 0 Å². The maximum absolute atomic E-state index is 3.90. The third kappa shape index (κ3) is 3.08. The summed E-state index contributed by atoms with van der Waals surface area (Å²) in [5.74, 6) is 0. The molecule has 3 aromatic rings. The molecule has 5 heteroatoms. The highest BCUT2D eigenvalue weighted by atomic mass is 15.5. The second-order valence-electron chi connectivity index (χ2n) is 5.09. The van der Waals surface area contributed by atoms with E-state index in [1.807, 2.05) is 24.3 Å². The number of hydrogen-bond donors (Lipinski definition) is 1. The number of aryl methyl sites for hydroxylation is 2. The van der Waals surface area contributed by atoms with Crippen molar-refractivity contribution >= 4 is 5.69 Å². The van der Waals surface area contributed by atoms with Gasteiger partial charge < -0.3 is 5.32 Å². The molecule has 5 nitrogen and oxygen atoms in total. The van der Waals surface area contributed by atoms with Crippen molar-refractivity contribution < 1.29 is 0 Å². The molecule has 21 heavy (non-hydrogen) atoms. The van der Waals surface area contributed by atoms with Gasteiger partial charge in [-0.05, 0) is 53.6 Å². The number of tetrazole rings is 1. The van der Waals surface area contributed by atoms with Crippen LogP contribution in [0.5, 0.6) is 0 Å². The molecule has 0 saturated heterocycles. The molecule has 2 aromatic carbocycles. The van der Waals surface area contributed by atoms with Gasteiger partial charge in [0.15, 0.2) is 0 Å². The van der Waals surface area contributed by atoms with E-state index in [2.05, 4.69) is 52.9 Å². The molecule has 0 unspecified atom stereocenters. The van der Waals surface area contributed by atoms with Crippen LogP contribution in [0.15, 0.2) is 48.8 Å². The third-order valence-electron chi connectivity index (χ3n) is 3.44. The summed E-state index contributed by atoms with van der Waals surface area (Å²) in [6.07, 6.45) is 1.59. The fourth-order valence-electron chi connectivity index (χ4n) is 2.28. The molecule has 1 N–H and O–H groups in total. The monoisotopic (exact) mass is 279 g/mol. The second kappa shape index (κ2) is 5.75. The minimum atomic E-state index is 0.797. The lowest BCUT2D eigenvalue weighted by Crippen LogP contribution is -2.03. The van der Waals surface area contributed by atoms with E-state index in [1.165, 1.54) is 16.7 Å². The zero-order valence-corrected chi connectivity index (χ0v) is 12.1. The van der Waals surface area contributed by atoms with Crippen molar-refractivity contribution in [1.82, 2.24) is 20.2 Å². The molecule has 0 fully saturated rings. The minimum Gasteiger partial charge on any atom is -0.381 e. The first-order valence-electron chi connectivity index (χ1n) is 6.86. The highest BCUT2D eigenvalue weighted by molar-refractivity contribution is 5.51. The van der Waals surface area contributed by atoms with E-state index in [4.69, 9.17) is 0 Å². The fourth-order valence-corrected chi connectivity index (χ4v) is 2.28. The van der Waals surface area contributed by atoms with Crippen molar-refractivity contribution in [3.63, 3.8) is 0 Å². The summed E-state index contributed by atoms with van der Waals surface area (Å²) in [7, 11) is 0. The highest BCUT2D eigenvalue weighted by Crippen LogP contribution is 2.16. The summed E-state index contributed by atoms with van der Waals surface area (Å²) in [4.78, 5) is 0. The van der Waals surface area contributed by atoms with Gasteiger partial charge in [-0.2, -0.15) is 0 Å². The number of nitrogens with one attached hydrogen (secondary N) is 1. The lowest BCUT2D eigenvalue weighted by molar-refractivity contribution is 0.789. The van der Waals surface area contributed by atoms with Crippen molar-refractivity contribution in [2.45, 2.75) is 20.4 Å². The Labute approximate surface area is 123 Å². The maximum atomic E-state index is 3.90. The van der Waals surface area contributed by atoms with Gasteiger partial charge in [0.05, 0.1) is 5.69 Å². The van der Waals surface area contributed by atoms with Gasteiger partial charge in [0.1, 0.15) is 6.33 Å². The zero-order valence-electron chi connectivity index (χ0n) is 12.1. The van der Waals surface area contributed by atoms with Gasteiger partial charge in [0.2, 0.25) is 0 Å². The molecular weight excluding hydrogens is 262 g/mol. The van der Waals surface area contributed by atoms with Gasteiger partial charge in [-0.15, -0.1) is 5.10 Å². The standard InChI is InChI=1S/C16H17N5/c1-12-6-7-14(13(2)8-12)10-17-15-4-3-5-16(9-15)21-11-18-19-20-21/h3-9,11,17H,10H2,1-2H3. The van der Waals surface area contributed by atoms with E-state index >= 15 is 0 Å². The van der Waals surface area contributed by atoms with Crippen LogP contribution in [0.3, 0.4) is 0 Å². The van der Waals surface area contributed by atoms with Crippen LogP contribution in [0.4, 0.5) is 5.69 Å². The average Bonchev–Trinajstić information content (AvgIpc) is 3.01. The molecule has 0 bridgehead atoms. The van der Waals surface area contributed by atoms with Crippen molar-refractivity contribution in [1.29, 1.82) is 0 Å². The summed E-state index contributed by atoms with van der Waals surface area (Å²) < 4.78 is 1.64. The number of rotatable bonds is 4. The molecule has 0 spiro atoms. The first-order chi connectivity index (χ1) is 10.2. The van der Waals surface area contributed by atoms with E-state index in [9.17, 15) is 0 Å². The van der Waals surface area contributed by atoms with E-state index in [0.29, 0.717) is 0 Å². The Morgan fingerprint density at radius 3 is 2.76 bits per heavy atom. The lowest BCUT2D eigenvalue weighted by Gasteiger charge is -2.10. The van der Waals surface area contributed by atoms with Gasteiger partial charge in [-0.1, -0.05) is 29.8 Å². The van der Waals surface area contributed by atoms with Crippen molar-refractivity contribution in [2.75, 3.05) is 5.32 Å². The summed E-state index contributed by atoms with van der Waals surface area (Å²) in [6.45, 7) is 5.05. The summed E-state index contributed by atoms with van der Waals surface area (Å²) in [5.41, 5.74) is 5.87. The second-order valence-corrected chi connectivity index (χ2v) is 5.09. The number of anilines is 1. The number of hydrogen-bond acceptors (Lipinski definition) is 4. The fraction of sp³-hybridized carbons (Fsp3) is 0.188. The van der Waals surface area contributed by atoms with Crippen LogP contribution in [0.25, 0.3) is 5.69 Å². The molecule has 0 aliphatic rings. The molecule has 0 saturated carbocycles.